The Bertz CT molecular complexity index is 715. The molecule has 4 unspecified atom stereocenters. The molecule has 6 heteroatoms. The zero-order valence-electron chi connectivity index (χ0n) is 12.2. The van der Waals surface area contributed by atoms with Crippen molar-refractivity contribution in [3.63, 3.8) is 0 Å². The van der Waals surface area contributed by atoms with Gasteiger partial charge >= 0.3 is 0 Å². The first-order chi connectivity index (χ1) is 11.0. The third-order valence-corrected chi connectivity index (χ3v) is 5.46. The number of benzene rings is 1. The number of likely N-dealkylation sites (tertiary alicyclic amines) is 1. The molecular formula is C17H15BrN2O3. The molecule has 5 nitrogen and oxygen atoms in total. The molecule has 0 radical (unpaired) electrons. The van der Waals surface area contributed by atoms with Crippen molar-refractivity contribution in [1.29, 1.82) is 0 Å². The zero-order chi connectivity index (χ0) is 16.1. The van der Waals surface area contributed by atoms with Crippen molar-refractivity contribution < 1.29 is 14.4 Å². The molecule has 2 bridgehead atoms. The van der Waals surface area contributed by atoms with Crippen LogP contribution in [0, 0.1) is 23.7 Å². The summed E-state index contributed by atoms with van der Waals surface area (Å²) < 4.78 is 0.848. The summed E-state index contributed by atoms with van der Waals surface area (Å²) in [6.45, 7) is -0.212. The highest BCUT2D eigenvalue weighted by Crippen LogP contribution is 2.52. The van der Waals surface area contributed by atoms with Crippen LogP contribution in [0.2, 0.25) is 0 Å². The average molecular weight is 375 g/mol. The molecule has 118 valence electrons. The highest BCUT2D eigenvalue weighted by molar-refractivity contribution is 9.10. The number of amides is 3. The number of imide groups is 1. The number of hydrogen-bond acceptors (Lipinski definition) is 3. The molecule has 1 aromatic rings. The number of anilines is 1. The minimum atomic E-state index is -0.356. The van der Waals surface area contributed by atoms with E-state index in [0.717, 1.165) is 15.8 Å². The Kier molecular flexibility index (Phi) is 3.37. The molecule has 4 atom stereocenters. The summed E-state index contributed by atoms with van der Waals surface area (Å²) in [6.07, 6.45) is 4.98. The van der Waals surface area contributed by atoms with Gasteiger partial charge < -0.3 is 5.32 Å². The van der Waals surface area contributed by atoms with Crippen LogP contribution in [0.4, 0.5) is 5.69 Å². The predicted octanol–water partition coefficient (Wildman–Crippen LogP) is 2.19. The minimum Gasteiger partial charge on any atom is -0.324 e. The number of nitrogens with one attached hydrogen (secondary N) is 1. The lowest BCUT2D eigenvalue weighted by molar-refractivity contribution is -0.143. The number of hydrogen-bond donors (Lipinski definition) is 1. The molecular weight excluding hydrogens is 360 g/mol. The fourth-order valence-electron chi connectivity index (χ4n) is 4.03. The Morgan fingerprint density at radius 1 is 1.17 bits per heavy atom. The molecule has 1 N–H and O–H groups in total. The van der Waals surface area contributed by atoms with E-state index in [9.17, 15) is 14.4 Å². The summed E-state index contributed by atoms with van der Waals surface area (Å²) in [7, 11) is 0. The van der Waals surface area contributed by atoms with Crippen molar-refractivity contribution in [2.45, 2.75) is 6.42 Å². The van der Waals surface area contributed by atoms with Crippen molar-refractivity contribution in [3.05, 3.63) is 40.9 Å². The van der Waals surface area contributed by atoms with Gasteiger partial charge in [0, 0.05) is 10.2 Å². The number of nitrogens with zero attached hydrogens (tertiary/aromatic N) is 1. The monoisotopic (exact) mass is 374 g/mol. The van der Waals surface area contributed by atoms with Crippen LogP contribution in [0.1, 0.15) is 6.42 Å². The summed E-state index contributed by atoms with van der Waals surface area (Å²) in [6, 6.07) is 7.19. The molecule has 0 spiro atoms. The number of carbonyl (C=O) groups is 3. The van der Waals surface area contributed by atoms with Gasteiger partial charge in [-0.25, -0.2) is 0 Å². The standard InChI is InChI=1S/C17H15BrN2O3/c18-11-2-1-3-12(7-11)19-13(21)8-20-16(22)14-9-4-5-10(6-9)15(14)17(20)23/h1-5,7,9-10,14-15H,6,8H2,(H,19,21). The Balaban J connectivity index is 1.46. The van der Waals surface area contributed by atoms with Crippen molar-refractivity contribution in [1.82, 2.24) is 4.90 Å². The van der Waals surface area contributed by atoms with Crippen LogP contribution >= 0.6 is 15.9 Å². The SMILES string of the molecule is O=C(CN1C(=O)C2C3C=CC(C3)C2C1=O)Nc1cccc(Br)c1. The second-order valence-corrected chi connectivity index (χ2v) is 7.24. The van der Waals surface area contributed by atoms with Gasteiger partial charge in [0.1, 0.15) is 6.54 Å². The quantitative estimate of drug-likeness (QED) is 0.651. The molecule has 1 saturated heterocycles. The topological polar surface area (TPSA) is 66.5 Å². The minimum absolute atomic E-state index is 0.166. The third kappa shape index (κ3) is 2.32. The molecule has 1 aliphatic heterocycles. The van der Waals surface area contributed by atoms with E-state index in [1.807, 2.05) is 18.2 Å². The summed E-state index contributed by atoms with van der Waals surface area (Å²) in [5, 5.41) is 2.72. The van der Waals surface area contributed by atoms with Gasteiger partial charge in [-0.1, -0.05) is 34.1 Å². The van der Waals surface area contributed by atoms with Gasteiger partial charge in [-0.3, -0.25) is 19.3 Å². The number of fused-ring (bicyclic) bond motifs is 5. The number of halogens is 1. The lowest BCUT2D eigenvalue weighted by Gasteiger charge is -2.16. The van der Waals surface area contributed by atoms with E-state index in [0.29, 0.717) is 5.69 Å². The molecule has 2 fully saturated rings. The van der Waals surface area contributed by atoms with Gasteiger partial charge in [0.25, 0.3) is 0 Å². The van der Waals surface area contributed by atoms with Crippen LogP contribution in [-0.2, 0) is 14.4 Å². The van der Waals surface area contributed by atoms with Crippen LogP contribution in [0.15, 0.2) is 40.9 Å². The highest BCUT2D eigenvalue weighted by Gasteiger charge is 2.59. The Hall–Kier alpha value is -1.95. The van der Waals surface area contributed by atoms with Crippen molar-refractivity contribution in [2.75, 3.05) is 11.9 Å². The summed E-state index contributed by atoms with van der Waals surface area (Å²) in [5.41, 5.74) is 0.630. The molecule has 1 aromatic carbocycles. The van der Waals surface area contributed by atoms with E-state index in [4.69, 9.17) is 0 Å². The summed E-state index contributed by atoms with van der Waals surface area (Å²) in [4.78, 5) is 38.3. The second kappa shape index (κ2) is 5.30. The van der Waals surface area contributed by atoms with Gasteiger partial charge in [-0.2, -0.15) is 0 Å². The molecule has 0 aromatic heterocycles. The van der Waals surface area contributed by atoms with Crippen molar-refractivity contribution in [3.8, 4) is 0 Å². The molecule has 3 amide bonds. The average Bonchev–Trinajstić information content (AvgIpc) is 3.17. The molecule has 3 aliphatic rings. The number of carbonyl (C=O) groups excluding carboxylic acids is 3. The van der Waals surface area contributed by atoms with E-state index >= 15 is 0 Å². The predicted molar refractivity (Wildman–Crippen MR) is 87.2 cm³/mol. The van der Waals surface area contributed by atoms with Gasteiger partial charge in [-0.15, -0.1) is 0 Å². The van der Waals surface area contributed by atoms with E-state index in [1.165, 1.54) is 0 Å². The van der Waals surface area contributed by atoms with Gasteiger partial charge in [0.2, 0.25) is 17.7 Å². The van der Waals surface area contributed by atoms with Crippen LogP contribution in [0.25, 0.3) is 0 Å². The zero-order valence-corrected chi connectivity index (χ0v) is 13.8. The maximum atomic E-state index is 12.5. The highest BCUT2D eigenvalue weighted by atomic mass is 79.9. The van der Waals surface area contributed by atoms with Gasteiger partial charge in [0.05, 0.1) is 11.8 Å². The largest absolute Gasteiger partial charge is 0.324 e. The first-order valence-corrected chi connectivity index (χ1v) is 8.43. The smallest absolute Gasteiger partial charge is 0.244 e. The molecule has 2 aliphatic carbocycles. The molecule has 1 heterocycles. The maximum absolute atomic E-state index is 12.5. The van der Waals surface area contributed by atoms with Crippen LogP contribution in [0.5, 0.6) is 0 Å². The van der Waals surface area contributed by atoms with Crippen molar-refractivity contribution >= 4 is 39.3 Å². The lowest BCUT2D eigenvalue weighted by atomic mass is 9.85. The first-order valence-electron chi connectivity index (χ1n) is 7.63. The van der Waals surface area contributed by atoms with E-state index < -0.39 is 0 Å². The Morgan fingerprint density at radius 2 is 1.83 bits per heavy atom. The van der Waals surface area contributed by atoms with Gasteiger partial charge in [-0.05, 0) is 36.5 Å². The molecule has 1 saturated carbocycles. The fourth-order valence-corrected chi connectivity index (χ4v) is 4.43. The van der Waals surface area contributed by atoms with E-state index in [-0.39, 0.29) is 47.9 Å². The van der Waals surface area contributed by atoms with Crippen molar-refractivity contribution in [2.24, 2.45) is 23.7 Å². The van der Waals surface area contributed by atoms with Crippen LogP contribution in [-0.4, -0.2) is 29.2 Å². The Labute approximate surface area is 141 Å². The lowest BCUT2D eigenvalue weighted by Crippen LogP contribution is -2.39. The summed E-state index contributed by atoms with van der Waals surface area (Å²) in [5.74, 6) is -0.918. The van der Waals surface area contributed by atoms with Crippen LogP contribution in [0.3, 0.4) is 0 Å². The number of allylic oxidation sites excluding steroid dienone is 2. The normalized spacial score (nSPS) is 30.9. The maximum Gasteiger partial charge on any atom is 0.244 e. The van der Waals surface area contributed by atoms with Crippen LogP contribution < -0.4 is 5.32 Å². The summed E-state index contributed by atoms with van der Waals surface area (Å²) >= 11 is 3.34. The number of rotatable bonds is 3. The van der Waals surface area contributed by atoms with E-state index in [2.05, 4.69) is 21.2 Å². The van der Waals surface area contributed by atoms with E-state index in [1.54, 1.807) is 18.2 Å². The molecule has 4 rings (SSSR count). The van der Waals surface area contributed by atoms with Gasteiger partial charge in [0.15, 0.2) is 0 Å². The molecule has 23 heavy (non-hydrogen) atoms. The third-order valence-electron chi connectivity index (χ3n) is 4.97. The second-order valence-electron chi connectivity index (χ2n) is 6.32. The first kappa shape index (κ1) is 14.6. The fraction of sp³-hybridized carbons (Fsp3) is 0.353. The Morgan fingerprint density at radius 3 is 2.43 bits per heavy atom.